The molecule has 1 atom stereocenters. The summed E-state index contributed by atoms with van der Waals surface area (Å²) in [6, 6.07) is 4.13. The summed E-state index contributed by atoms with van der Waals surface area (Å²) in [6.07, 6.45) is 2.36. The number of carboxylic acids is 1. The molecule has 22 heavy (non-hydrogen) atoms. The largest absolute Gasteiger partial charge is 0.480 e. The zero-order chi connectivity index (χ0) is 16.0. The molecule has 1 aliphatic heterocycles. The van der Waals surface area contributed by atoms with Crippen molar-refractivity contribution in [2.45, 2.75) is 45.4 Å². The third-order valence-electron chi connectivity index (χ3n) is 4.63. The van der Waals surface area contributed by atoms with Crippen LogP contribution in [0.5, 0.6) is 0 Å². The summed E-state index contributed by atoms with van der Waals surface area (Å²) >= 11 is 0. The number of aromatic nitrogens is 1. The Morgan fingerprint density at radius 3 is 2.55 bits per heavy atom. The van der Waals surface area contributed by atoms with Crippen molar-refractivity contribution in [3.8, 4) is 0 Å². The van der Waals surface area contributed by atoms with E-state index in [2.05, 4.69) is 35.4 Å². The van der Waals surface area contributed by atoms with Crippen molar-refractivity contribution in [2.24, 2.45) is 12.8 Å². The number of hydrogen-bond donors (Lipinski definition) is 2. The number of benzene rings is 1. The molecule has 5 nitrogen and oxygen atoms in total. The summed E-state index contributed by atoms with van der Waals surface area (Å²) in [5.41, 5.74) is 10.6. The molecule has 0 spiro atoms. The molecule has 0 bridgehead atoms. The van der Waals surface area contributed by atoms with Gasteiger partial charge in [-0.2, -0.15) is 0 Å². The van der Waals surface area contributed by atoms with Crippen molar-refractivity contribution in [3.05, 3.63) is 35.0 Å². The number of carboxylic acid groups (broad SMARTS) is 1. The van der Waals surface area contributed by atoms with Crippen LogP contribution < -0.4 is 5.73 Å². The summed E-state index contributed by atoms with van der Waals surface area (Å²) in [5, 5.41) is 10.2. The molecule has 0 saturated heterocycles. The fourth-order valence-electron chi connectivity index (χ4n) is 3.24. The maximum absolute atomic E-state index is 11.0. The Labute approximate surface area is 130 Å². The van der Waals surface area contributed by atoms with Crippen molar-refractivity contribution in [1.29, 1.82) is 0 Å². The molecular weight excluding hydrogens is 278 g/mol. The van der Waals surface area contributed by atoms with E-state index in [4.69, 9.17) is 10.8 Å². The van der Waals surface area contributed by atoms with Crippen LogP contribution in [0.4, 0.5) is 0 Å². The highest BCUT2D eigenvalue weighted by Crippen LogP contribution is 2.31. The molecule has 1 aromatic heterocycles. The Balaban J connectivity index is 2.01. The van der Waals surface area contributed by atoms with E-state index in [0.29, 0.717) is 12.5 Å². The van der Waals surface area contributed by atoms with E-state index in [0.717, 1.165) is 29.6 Å². The minimum atomic E-state index is -0.954. The molecule has 2 aromatic rings. The highest BCUT2D eigenvalue weighted by molar-refractivity contribution is 5.86. The van der Waals surface area contributed by atoms with Crippen LogP contribution in [0, 0.1) is 0 Å². The maximum Gasteiger partial charge on any atom is 0.320 e. The molecule has 1 aromatic carbocycles. The average molecular weight is 301 g/mol. The van der Waals surface area contributed by atoms with Crippen LogP contribution >= 0.6 is 0 Å². The maximum atomic E-state index is 11.0. The molecule has 0 saturated carbocycles. The van der Waals surface area contributed by atoms with Crippen LogP contribution in [0.25, 0.3) is 10.9 Å². The fourth-order valence-corrected chi connectivity index (χ4v) is 3.24. The number of rotatable bonds is 4. The molecule has 2 heterocycles. The second kappa shape index (κ2) is 5.41. The van der Waals surface area contributed by atoms with Gasteiger partial charge < -0.3 is 15.4 Å². The Morgan fingerprint density at radius 1 is 1.32 bits per heavy atom. The van der Waals surface area contributed by atoms with Crippen molar-refractivity contribution in [1.82, 2.24) is 9.47 Å². The number of aliphatic carboxylic acids is 1. The van der Waals surface area contributed by atoms with Gasteiger partial charge in [0.2, 0.25) is 0 Å². The summed E-state index contributed by atoms with van der Waals surface area (Å²) in [7, 11) is 2.00. The predicted molar refractivity (Wildman–Crippen MR) is 86.6 cm³/mol. The third kappa shape index (κ3) is 2.51. The third-order valence-corrected chi connectivity index (χ3v) is 4.63. The molecule has 118 valence electrons. The lowest BCUT2D eigenvalue weighted by Gasteiger charge is -2.18. The zero-order valence-electron chi connectivity index (χ0n) is 13.3. The Hall–Kier alpha value is -1.85. The first-order valence-corrected chi connectivity index (χ1v) is 7.69. The first kappa shape index (κ1) is 15.1. The van der Waals surface area contributed by atoms with Gasteiger partial charge in [0.1, 0.15) is 6.04 Å². The number of fused-ring (bicyclic) bond motifs is 2. The second-order valence-corrected chi connectivity index (χ2v) is 6.55. The normalized spacial score (nSPS) is 16.4. The van der Waals surface area contributed by atoms with Crippen molar-refractivity contribution in [2.75, 3.05) is 0 Å². The van der Waals surface area contributed by atoms with Gasteiger partial charge in [-0.25, -0.2) is 0 Å². The molecule has 3 N–H and O–H groups in total. The molecule has 1 aliphatic rings. The summed E-state index contributed by atoms with van der Waals surface area (Å²) < 4.78 is 2.07. The first-order chi connectivity index (χ1) is 10.4. The van der Waals surface area contributed by atoms with E-state index < -0.39 is 12.0 Å². The topological polar surface area (TPSA) is 71.5 Å². The SMILES string of the molecule is CC(C)N1Cc2cc3c(CC(N)C(=O)O)cn(C)c3cc2C1. The highest BCUT2D eigenvalue weighted by atomic mass is 16.4. The van der Waals surface area contributed by atoms with Crippen molar-refractivity contribution < 1.29 is 9.90 Å². The molecule has 0 aliphatic carbocycles. The van der Waals surface area contributed by atoms with Gasteiger partial charge in [0.15, 0.2) is 0 Å². The van der Waals surface area contributed by atoms with Gasteiger partial charge in [0.25, 0.3) is 0 Å². The fraction of sp³-hybridized carbons (Fsp3) is 0.471. The Morgan fingerprint density at radius 2 is 1.95 bits per heavy atom. The first-order valence-electron chi connectivity index (χ1n) is 7.69. The molecule has 5 heteroatoms. The standard InChI is InChI=1S/C17H23N3O2/c1-10(2)20-8-11-4-14-13(5-15(18)17(21)22)7-19(3)16(14)6-12(11)9-20/h4,6-7,10,15H,5,8-9,18H2,1-3H3,(H,21,22). The lowest BCUT2D eigenvalue weighted by atomic mass is 10.0. The van der Waals surface area contributed by atoms with Gasteiger partial charge in [-0.3, -0.25) is 9.69 Å². The number of nitrogens with zero attached hydrogens (tertiary/aromatic N) is 2. The molecule has 0 amide bonds. The van der Waals surface area contributed by atoms with Gasteiger partial charge in [0.05, 0.1) is 0 Å². The lowest BCUT2D eigenvalue weighted by Crippen LogP contribution is -2.32. The van der Waals surface area contributed by atoms with Crippen molar-refractivity contribution in [3.63, 3.8) is 0 Å². The number of carbonyl (C=O) groups is 1. The van der Waals surface area contributed by atoms with Crippen LogP contribution in [0.2, 0.25) is 0 Å². The monoisotopic (exact) mass is 301 g/mol. The van der Waals surface area contributed by atoms with Crippen LogP contribution in [-0.2, 0) is 31.4 Å². The van der Waals surface area contributed by atoms with Crippen LogP contribution in [0.15, 0.2) is 18.3 Å². The second-order valence-electron chi connectivity index (χ2n) is 6.55. The molecule has 0 fully saturated rings. The number of nitrogens with two attached hydrogens (primary N) is 1. The van der Waals surface area contributed by atoms with Gasteiger partial charge in [-0.15, -0.1) is 0 Å². The molecule has 0 radical (unpaired) electrons. The summed E-state index contributed by atoms with van der Waals surface area (Å²) in [6.45, 7) is 6.37. The zero-order valence-corrected chi connectivity index (χ0v) is 13.3. The minimum absolute atomic E-state index is 0.360. The van der Waals surface area contributed by atoms with E-state index in [1.165, 1.54) is 11.1 Å². The van der Waals surface area contributed by atoms with E-state index in [-0.39, 0.29) is 0 Å². The van der Waals surface area contributed by atoms with Crippen LogP contribution in [0.3, 0.4) is 0 Å². The minimum Gasteiger partial charge on any atom is -0.480 e. The number of aryl methyl sites for hydroxylation is 1. The van der Waals surface area contributed by atoms with Gasteiger partial charge in [-0.1, -0.05) is 0 Å². The number of hydrogen-bond acceptors (Lipinski definition) is 3. The summed E-state index contributed by atoms with van der Waals surface area (Å²) in [5.74, 6) is -0.954. The van der Waals surface area contributed by atoms with Gasteiger partial charge in [-0.05, 0) is 42.7 Å². The van der Waals surface area contributed by atoms with Crippen LogP contribution in [-0.4, -0.2) is 32.6 Å². The van der Waals surface area contributed by atoms with Gasteiger partial charge in [0, 0.05) is 49.7 Å². The Kier molecular flexibility index (Phi) is 3.70. The smallest absolute Gasteiger partial charge is 0.320 e. The molecule has 1 unspecified atom stereocenters. The quantitative estimate of drug-likeness (QED) is 0.904. The van der Waals surface area contributed by atoms with Crippen molar-refractivity contribution >= 4 is 16.9 Å². The highest BCUT2D eigenvalue weighted by Gasteiger charge is 2.23. The average Bonchev–Trinajstić information content (AvgIpc) is 2.99. The lowest BCUT2D eigenvalue weighted by molar-refractivity contribution is -0.138. The van der Waals surface area contributed by atoms with E-state index in [1.54, 1.807) is 0 Å². The van der Waals surface area contributed by atoms with E-state index in [9.17, 15) is 4.79 Å². The molecular formula is C17H23N3O2. The van der Waals surface area contributed by atoms with Gasteiger partial charge >= 0.3 is 5.97 Å². The molecule has 3 rings (SSSR count). The van der Waals surface area contributed by atoms with E-state index in [1.807, 2.05) is 13.2 Å². The summed E-state index contributed by atoms with van der Waals surface area (Å²) in [4.78, 5) is 13.4. The van der Waals surface area contributed by atoms with Crippen LogP contribution in [0.1, 0.15) is 30.5 Å². The Bertz CT molecular complexity index is 733. The predicted octanol–water partition coefficient (Wildman–Crippen LogP) is 1.86. The van der Waals surface area contributed by atoms with E-state index >= 15 is 0 Å².